The van der Waals surface area contributed by atoms with Gasteiger partial charge < -0.3 is 5.32 Å². The van der Waals surface area contributed by atoms with Gasteiger partial charge in [0.2, 0.25) is 0 Å². The summed E-state index contributed by atoms with van der Waals surface area (Å²) in [6.45, 7) is 0. The van der Waals surface area contributed by atoms with Crippen molar-refractivity contribution in [1.29, 1.82) is 0 Å². The molecule has 2 atom stereocenters. The molecule has 1 heterocycles. The third-order valence-corrected chi connectivity index (χ3v) is 5.10. The fraction of sp³-hybridized carbons (Fsp3) is 0.294. The molecule has 2 unspecified atom stereocenters. The second-order valence-electron chi connectivity index (χ2n) is 5.04. The van der Waals surface area contributed by atoms with Crippen molar-refractivity contribution in [2.24, 2.45) is 0 Å². The summed E-state index contributed by atoms with van der Waals surface area (Å²) in [6, 6.07) is 20.1. The molecule has 1 N–H and O–H groups in total. The van der Waals surface area contributed by atoms with Crippen molar-refractivity contribution in [2.75, 3.05) is 12.8 Å². The Bertz CT molecular complexity index is 538. The quantitative estimate of drug-likeness (QED) is 0.908. The Kier molecular flexibility index (Phi) is 3.90. The van der Waals surface area contributed by atoms with Crippen LogP contribution < -0.4 is 5.32 Å². The molecule has 2 heteroatoms. The largest absolute Gasteiger partial charge is 0.316 e. The van der Waals surface area contributed by atoms with Gasteiger partial charge in [0.1, 0.15) is 0 Å². The second kappa shape index (κ2) is 5.81. The molecule has 19 heavy (non-hydrogen) atoms. The first-order valence-corrected chi connectivity index (χ1v) is 7.80. The maximum Gasteiger partial charge on any atom is 0.0182 e. The summed E-state index contributed by atoms with van der Waals surface area (Å²) in [5, 5.41) is 3.52. The Labute approximate surface area is 119 Å². The van der Waals surface area contributed by atoms with Crippen molar-refractivity contribution in [1.82, 2.24) is 5.32 Å². The molecule has 0 amide bonds. The van der Waals surface area contributed by atoms with Gasteiger partial charge in [-0.25, -0.2) is 0 Å². The molecule has 0 aliphatic carbocycles. The van der Waals surface area contributed by atoms with Crippen LogP contribution >= 0.6 is 11.8 Å². The maximum atomic E-state index is 3.52. The molecule has 0 saturated carbocycles. The van der Waals surface area contributed by atoms with Crippen LogP contribution in [-0.4, -0.2) is 18.8 Å². The van der Waals surface area contributed by atoms with E-state index in [0.29, 0.717) is 12.0 Å². The highest BCUT2D eigenvalue weighted by Gasteiger charge is 2.29. The molecule has 1 aliphatic rings. The number of fused-ring (bicyclic) bond motifs is 1. The van der Waals surface area contributed by atoms with Crippen molar-refractivity contribution < 1.29 is 0 Å². The van der Waals surface area contributed by atoms with Gasteiger partial charge in [0.25, 0.3) is 0 Å². The molecule has 1 nitrogen and oxygen atoms in total. The first-order chi connectivity index (χ1) is 9.38. The molecule has 2 aromatic carbocycles. The maximum absolute atomic E-state index is 3.52. The fourth-order valence-electron chi connectivity index (χ4n) is 2.83. The number of likely N-dealkylation sites (N-methyl/N-ethyl adjacent to an activating group) is 1. The highest BCUT2D eigenvalue weighted by Crippen LogP contribution is 2.41. The summed E-state index contributed by atoms with van der Waals surface area (Å²) in [6.07, 6.45) is 1.09. The Morgan fingerprint density at radius 2 is 1.84 bits per heavy atom. The first kappa shape index (κ1) is 12.8. The normalized spacial score (nSPS) is 19.1. The summed E-state index contributed by atoms with van der Waals surface area (Å²) in [7, 11) is 2.08. The SMILES string of the molecule is CNC(Cc1ccccc1)C1CSc2ccccc21. The van der Waals surface area contributed by atoms with E-state index in [9.17, 15) is 0 Å². The number of hydrogen-bond acceptors (Lipinski definition) is 2. The van der Waals surface area contributed by atoms with Crippen molar-refractivity contribution >= 4 is 11.8 Å². The topological polar surface area (TPSA) is 12.0 Å². The zero-order chi connectivity index (χ0) is 13.1. The summed E-state index contributed by atoms with van der Waals surface area (Å²) in [5.41, 5.74) is 2.93. The highest BCUT2D eigenvalue weighted by atomic mass is 32.2. The van der Waals surface area contributed by atoms with Gasteiger partial charge in [0.15, 0.2) is 0 Å². The van der Waals surface area contributed by atoms with E-state index in [4.69, 9.17) is 0 Å². The van der Waals surface area contributed by atoms with Crippen molar-refractivity contribution in [3.63, 3.8) is 0 Å². The molecule has 0 fully saturated rings. The van der Waals surface area contributed by atoms with Gasteiger partial charge in [-0.2, -0.15) is 0 Å². The smallest absolute Gasteiger partial charge is 0.0182 e. The van der Waals surface area contributed by atoms with Crippen LogP contribution in [0.15, 0.2) is 59.5 Å². The van der Waals surface area contributed by atoms with E-state index in [1.54, 1.807) is 0 Å². The van der Waals surface area contributed by atoms with Crippen molar-refractivity contribution in [3.8, 4) is 0 Å². The molecule has 2 aromatic rings. The van der Waals surface area contributed by atoms with E-state index in [0.717, 1.165) is 6.42 Å². The lowest BCUT2D eigenvalue weighted by atomic mass is 9.89. The average molecular weight is 269 g/mol. The van der Waals surface area contributed by atoms with E-state index >= 15 is 0 Å². The van der Waals surface area contributed by atoms with Crippen molar-refractivity contribution in [3.05, 3.63) is 65.7 Å². The van der Waals surface area contributed by atoms with E-state index in [-0.39, 0.29) is 0 Å². The Morgan fingerprint density at radius 1 is 1.11 bits per heavy atom. The standard InChI is InChI=1S/C17H19NS/c1-18-16(11-13-7-3-2-4-8-13)15-12-19-17-10-6-5-9-14(15)17/h2-10,15-16,18H,11-12H2,1H3. The minimum atomic E-state index is 0.513. The van der Waals surface area contributed by atoms with Gasteiger partial charge in [0, 0.05) is 22.6 Å². The Balaban J connectivity index is 1.81. The molecule has 3 rings (SSSR count). The number of nitrogens with one attached hydrogen (secondary N) is 1. The number of hydrogen-bond donors (Lipinski definition) is 1. The van der Waals surface area contributed by atoms with Gasteiger partial charge in [0.05, 0.1) is 0 Å². The monoisotopic (exact) mass is 269 g/mol. The lowest BCUT2D eigenvalue weighted by molar-refractivity contribution is 0.489. The predicted molar refractivity (Wildman–Crippen MR) is 82.9 cm³/mol. The molecule has 0 aromatic heterocycles. The van der Waals surface area contributed by atoms with Crippen LogP contribution in [0.2, 0.25) is 0 Å². The molecule has 0 spiro atoms. The molecule has 1 aliphatic heterocycles. The zero-order valence-corrected chi connectivity index (χ0v) is 12.0. The van der Waals surface area contributed by atoms with E-state index in [1.807, 2.05) is 11.8 Å². The van der Waals surface area contributed by atoms with Crippen LogP contribution in [0, 0.1) is 0 Å². The number of benzene rings is 2. The summed E-state index contributed by atoms with van der Waals surface area (Å²) in [4.78, 5) is 1.46. The number of rotatable bonds is 4. The van der Waals surface area contributed by atoms with Crippen LogP contribution in [0.25, 0.3) is 0 Å². The fourth-order valence-corrected chi connectivity index (χ4v) is 4.17. The summed E-state index contributed by atoms with van der Waals surface area (Å²) in [5.74, 6) is 1.81. The Morgan fingerprint density at radius 3 is 2.63 bits per heavy atom. The molecular weight excluding hydrogens is 250 g/mol. The van der Waals surface area contributed by atoms with Gasteiger partial charge >= 0.3 is 0 Å². The average Bonchev–Trinajstić information content (AvgIpc) is 2.90. The van der Waals surface area contributed by atoms with E-state index < -0.39 is 0 Å². The Hall–Kier alpha value is -1.25. The highest BCUT2D eigenvalue weighted by molar-refractivity contribution is 7.99. The van der Waals surface area contributed by atoms with Crippen LogP contribution in [0.3, 0.4) is 0 Å². The predicted octanol–water partition coefficient (Wildman–Crippen LogP) is 3.71. The molecular formula is C17H19NS. The summed E-state index contributed by atoms with van der Waals surface area (Å²) < 4.78 is 0. The van der Waals surface area contributed by atoms with Crippen LogP contribution in [0.5, 0.6) is 0 Å². The van der Waals surface area contributed by atoms with Gasteiger partial charge in [-0.3, -0.25) is 0 Å². The third kappa shape index (κ3) is 2.70. The molecule has 0 saturated heterocycles. The molecule has 98 valence electrons. The zero-order valence-electron chi connectivity index (χ0n) is 11.2. The van der Waals surface area contributed by atoms with Gasteiger partial charge in [-0.1, -0.05) is 48.5 Å². The lowest BCUT2D eigenvalue weighted by Crippen LogP contribution is -2.34. The second-order valence-corrected chi connectivity index (χ2v) is 6.10. The van der Waals surface area contributed by atoms with Crippen LogP contribution in [-0.2, 0) is 6.42 Å². The minimum absolute atomic E-state index is 0.513. The van der Waals surface area contributed by atoms with Crippen molar-refractivity contribution in [2.45, 2.75) is 23.3 Å². The van der Waals surface area contributed by atoms with Crippen LogP contribution in [0.1, 0.15) is 17.0 Å². The molecule has 0 radical (unpaired) electrons. The van der Waals surface area contributed by atoms with Crippen LogP contribution in [0.4, 0.5) is 0 Å². The van der Waals surface area contributed by atoms with E-state index in [1.165, 1.54) is 21.8 Å². The third-order valence-electron chi connectivity index (χ3n) is 3.89. The summed E-state index contributed by atoms with van der Waals surface area (Å²) >= 11 is 1.99. The first-order valence-electron chi connectivity index (χ1n) is 6.81. The van der Waals surface area contributed by atoms with E-state index in [2.05, 4.69) is 67.0 Å². The minimum Gasteiger partial charge on any atom is -0.316 e. The number of thioether (sulfide) groups is 1. The van der Waals surface area contributed by atoms with Gasteiger partial charge in [-0.05, 0) is 30.7 Å². The molecule has 0 bridgehead atoms. The van der Waals surface area contributed by atoms with Gasteiger partial charge in [-0.15, -0.1) is 11.8 Å². The lowest BCUT2D eigenvalue weighted by Gasteiger charge is -2.23.